The molecule has 0 aliphatic rings. The summed E-state index contributed by atoms with van der Waals surface area (Å²) >= 11 is 0. The van der Waals surface area contributed by atoms with Gasteiger partial charge in [-0.2, -0.15) is 0 Å². The van der Waals surface area contributed by atoms with Crippen molar-refractivity contribution >= 4 is 27.6 Å². The maximum atomic E-state index is 13.0. The number of carbonyl (C=O) groups excluding carboxylic acids is 1. The van der Waals surface area contributed by atoms with Gasteiger partial charge in [-0.05, 0) is 42.8 Å². The highest BCUT2D eigenvalue weighted by Crippen LogP contribution is 2.17. The van der Waals surface area contributed by atoms with E-state index < -0.39 is 14.9 Å². The lowest BCUT2D eigenvalue weighted by atomic mass is 10.0. The number of rotatable bonds is 8. The minimum atomic E-state index is -3.83. The Morgan fingerprint density at radius 2 is 1.58 bits per heavy atom. The van der Waals surface area contributed by atoms with E-state index in [1.54, 1.807) is 42.5 Å². The number of nitrogens with one attached hydrogen (secondary N) is 1. The fourth-order valence-corrected chi connectivity index (χ4v) is 3.85. The van der Waals surface area contributed by atoms with Gasteiger partial charge < -0.3 is 0 Å². The molecule has 0 radical (unpaired) electrons. The van der Waals surface area contributed by atoms with Crippen molar-refractivity contribution in [2.45, 2.75) is 11.8 Å². The molecule has 0 amide bonds. The van der Waals surface area contributed by atoms with Gasteiger partial charge in [-0.1, -0.05) is 48.0 Å². The van der Waals surface area contributed by atoms with Crippen molar-refractivity contribution in [3.8, 4) is 0 Å². The molecule has 0 atom stereocenters. The molecule has 0 unspecified atom stereocenters. The van der Waals surface area contributed by atoms with E-state index in [4.69, 9.17) is 0 Å². The normalized spacial score (nSPS) is 11.8. The second kappa shape index (κ2) is 9.46. The van der Waals surface area contributed by atoms with Crippen molar-refractivity contribution in [3.05, 3.63) is 111 Å². The van der Waals surface area contributed by atoms with Gasteiger partial charge in [-0.25, -0.2) is 13.1 Å². The molecule has 0 heterocycles. The third-order valence-corrected chi connectivity index (χ3v) is 5.97. The van der Waals surface area contributed by atoms with E-state index in [1.165, 1.54) is 42.5 Å². The number of ketones is 1. The molecule has 31 heavy (non-hydrogen) atoms. The smallest absolute Gasteiger partial charge is 0.269 e. The molecule has 0 aromatic heterocycles. The van der Waals surface area contributed by atoms with Crippen molar-refractivity contribution in [1.82, 2.24) is 4.72 Å². The van der Waals surface area contributed by atoms with Crippen molar-refractivity contribution in [1.29, 1.82) is 0 Å². The first-order valence-corrected chi connectivity index (χ1v) is 10.9. The summed E-state index contributed by atoms with van der Waals surface area (Å²) in [6.07, 6.45) is 1.52. The van der Waals surface area contributed by atoms with Gasteiger partial charge in [-0.3, -0.25) is 14.9 Å². The van der Waals surface area contributed by atoms with E-state index in [9.17, 15) is 23.3 Å². The molecule has 0 saturated heterocycles. The van der Waals surface area contributed by atoms with Gasteiger partial charge in [0.2, 0.25) is 10.0 Å². The monoisotopic (exact) mass is 436 g/mol. The Labute approximate surface area is 180 Å². The number of nitro benzene ring substituents is 1. The van der Waals surface area contributed by atoms with E-state index in [0.717, 1.165) is 5.56 Å². The second-order valence-corrected chi connectivity index (χ2v) is 8.62. The number of hydrogen-bond donors (Lipinski definition) is 1. The van der Waals surface area contributed by atoms with Crippen LogP contribution in [0.5, 0.6) is 0 Å². The largest absolute Gasteiger partial charge is 0.289 e. The van der Waals surface area contributed by atoms with Crippen LogP contribution in [0.3, 0.4) is 0 Å². The van der Waals surface area contributed by atoms with E-state index >= 15 is 0 Å². The number of Topliss-reactive ketones (excluding diaryl/α,β-unsaturated/α-hetero) is 1. The number of benzene rings is 3. The maximum Gasteiger partial charge on any atom is 0.269 e. The van der Waals surface area contributed by atoms with Gasteiger partial charge in [0.25, 0.3) is 5.69 Å². The Morgan fingerprint density at radius 3 is 2.16 bits per heavy atom. The van der Waals surface area contributed by atoms with Gasteiger partial charge in [-0.15, -0.1) is 0 Å². The Hall–Kier alpha value is -3.62. The van der Waals surface area contributed by atoms with Gasteiger partial charge in [0.05, 0.1) is 9.82 Å². The first kappa shape index (κ1) is 22.1. The summed E-state index contributed by atoms with van der Waals surface area (Å²) in [5.74, 6) is -0.342. The van der Waals surface area contributed by atoms with Crippen LogP contribution in [0.15, 0.2) is 89.3 Å². The summed E-state index contributed by atoms with van der Waals surface area (Å²) < 4.78 is 27.8. The van der Waals surface area contributed by atoms with Crippen LogP contribution in [0.2, 0.25) is 0 Å². The minimum absolute atomic E-state index is 0.0758. The molecular formula is C23H20N2O5S. The SMILES string of the molecule is Cc1ccc(S(=O)(=O)NC/C(=C\c2ccc([N+](=O)[O-])cc2)C(=O)c2ccccc2)cc1. The van der Waals surface area contributed by atoms with Crippen LogP contribution in [0.25, 0.3) is 6.08 Å². The number of carbonyl (C=O) groups is 1. The molecule has 0 fully saturated rings. The molecule has 0 aliphatic carbocycles. The quantitative estimate of drug-likeness (QED) is 0.247. The molecular weight excluding hydrogens is 416 g/mol. The van der Waals surface area contributed by atoms with Gasteiger partial charge >= 0.3 is 0 Å². The summed E-state index contributed by atoms with van der Waals surface area (Å²) in [5, 5.41) is 10.9. The second-order valence-electron chi connectivity index (χ2n) is 6.85. The van der Waals surface area contributed by atoms with Crippen molar-refractivity contribution in [3.63, 3.8) is 0 Å². The zero-order valence-electron chi connectivity index (χ0n) is 16.7. The zero-order chi connectivity index (χ0) is 22.4. The molecule has 7 nitrogen and oxygen atoms in total. The Balaban J connectivity index is 1.91. The summed E-state index contributed by atoms with van der Waals surface area (Å²) in [6.45, 7) is 1.62. The van der Waals surface area contributed by atoms with Gasteiger partial charge in [0.1, 0.15) is 0 Å². The van der Waals surface area contributed by atoms with Gasteiger partial charge in [0.15, 0.2) is 5.78 Å². The predicted octanol–water partition coefficient (Wildman–Crippen LogP) is 4.15. The predicted molar refractivity (Wildman–Crippen MR) is 118 cm³/mol. The Morgan fingerprint density at radius 1 is 0.968 bits per heavy atom. The lowest BCUT2D eigenvalue weighted by Crippen LogP contribution is -2.28. The van der Waals surface area contributed by atoms with Crippen molar-refractivity contribution < 1.29 is 18.1 Å². The van der Waals surface area contributed by atoms with Crippen LogP contribution in [0.4, 0.5) is 5.69 Å². The fraction of sp³-hybridized carbons (Fsp3) is 0.0870. The van der Waals surface area contributed by atoms with E-state index in [-0.39, 0.29) is 28.5 Å². The molecule has 0 spiro atoms. The maximum absolute atomic E-state index is 13.0. The van der Waals surface area contributed by atoms with Crippen molar-refractivity contribution in [2.75, 3.05) is 6.54 Å². The molecule has 0 aliphatic heterocycles. The van der Waals surface area contributed by atoms with E-state index in [1.807, 2.05) is 6.92 Å². The highest BCUT2D eigenvalue weighted by atomic mass is 32.2. The third kappa shape index (κ3) is 5.71. The molecule has 0 saturated carbocycles. The molecule has 3 aromatic carbocycles. The zero-order valence-corrected chi connectivity index (χ0v) is 17.5. The summed E-state index contributed by atoms with van der Waals surface area (Å²) in [7, 11) is -3.83. The van der Waals surface area contributed by atoms with Crippen LogP contribution >= 0.6 is 0 Å². The number of nitro groups is 1. The number of sulfonamides is 1. The molecule has 3 rings (SSSR count). The highest BCUT2D eigenvalue weighted by Gasteiger charge is 2.18. The highest BCUT2D eigenvalue weighted by molar-refractivity contribution is 7.89. The molecule has 1 N–H and O–H groups in total. The van der Waals surface area contributed by atoms with Crippen LogP contribution < -0.4 is 4.72 Å². The van der Waals surface area contributed by atoms with Crippen molar-refractivity contribution in [2.24, 2.45) is 0 Å². The van der Waals surface area contributed by atoms with Crippen LogP contribution in [-0.4, -0.2) is 25.7 Å². The first-order valence-electron chi connectivity index (χ1n) is 9.37. The molecule has 158 valence electrons. The summed E-state index contributed by atoms with van der Waals surface area (Å²) in [5.41, 5.74) is 2.01. The van der Waals surface area contributed by atoms with Crippen LogP contribution in [0.1, 0.15) is 21.5 Å². The molecule has 3 aromatic rings. The number of hydrogen-bond acceptors (Lipinski definition) is 5. The Kier molecular flexibility index (Phi) is 6.74. The molecule has 0 bridgehead atoms. The lowest BCUT2D eigenvalue weighted by Gasteiger charge is -2.11. The first-order chi connectivity index (χ1) is 14.8. The average Bonchev–Trinajstić information content (AvgIpc) is 2.77. The number of nitrogens with zero attached hydrogens (tertiary/aromatic N) is 1. The summed E-state index contributed by atoms with van der Waals surface area (Å²) in [6, 6.07) is 20.5. The van der Waals surface area contributed by atoms with E-state index in [2.05, 4.69) is 4.72 Å². The molecule has 8 heteroatoms. The lowest BCUT2D eigenvalue weighted by molar-refractivity contribution is -0.384. The van der Waals surface area contributed by atoms with Crippen LogP contribution in [0, 0.1) is 17.0 Å². The third-order valence-electron chi connectivity index (χ3n) is 4.56. The average molecular weight is 436 g/mol. The van der Waals surface area contributed by atoms with E-state index in [0.29, 0.717) is 11.1 Å². The fourth-order valence-electron chi connectivity index (χ4n) is 2.84. The standard InChI is InChI=1S/C23H20N2O5S/c1-17-7-13-22(14-8-17)31(29,30)24-16-20(23(26)19-5-3-2-4-6-19)15-18-9-11-21(12-10-18)25(27)28/h2-15,24H,16H2,1H3/b20-15+. The van der Waals surface area contributed by atoms with Gasteiger partial charge in [0, 0.05) is 29.8 Å². The topological polar surface area (TPSA) is 106 Å². The minimum Gasteiger partial charge on any atom is -0.289 e. The Bertz CT molecular complexity index is 1220. The number of aryl methyl sites for hydroxylation is 1. The van der Waals surface area contributed by atoms with Crippen LogP contribution in [-0.2, 0) is 10.0 Å². The summed E-state index contributed by atoms with van der Waals surface area (Å²) in [4.78, 5) is 23.4. The number of non-ortho nitro benzene ring substituents is 1.